The first-order valence-corrected chi connectivity index (χ1v) is 7.22. The molecule has 0 radical (unpaired) electrons. The molecule has 17 heavy (non-hydrogen) atoms. The van der Waals surface area contributed by atoms with Crippen LogP contribution >= 0.6 is 0 Å². The van der Waals surface area contributed by atoms with Gasteiger partial charge in [0.1, 0.15) is 5.75 Å². The van der Waals surface area contributed by atoms with Crippen molar-refractivity contribution in [2.45, 2.75) is 13.5 Å². The van der Waals surface area contributed by atoms with Crippen molar-refractivity contribution < 1.29 is 13.5 Å². The third kappa shape index (κ3) is 5.16. The minimum atomic E-state index is -3.12. The molecule has 0 heterocycles. The lowest BCUT2D eigenvalue weighted by Crippen LogP contribution is -2.30. The van der Waals surface area contributed by atoms with Gasteiger partial charge in [-0.2, -0.15) is 0 Å². The highest BCUT2D eigenvalue weighted by Gasteiger charge is 2.03. The third-order valence-corrected chi connectivity index (χ3v) is 3.03. The molecule has 0 amide bonds. The summed E-state index contributed by atoms with van der Waals surface area (Å²) in [5.41, 5.74) is 1.64. The monoisotopic (exact) mass is 258 g/mol. The van der Waals surface area contributed by atoms with Crippen LogP contribution in [-0.2, 0) is 16.6 Å². The summed E-state index contributed by atoms with van der Waals surface area (Å²) >= 11 is 0. The van der Waals surface area contributed by atoms with Crippen molar-refractivity contribution >= 4 is 10.0 Å². The Kier molecular flexibility index (Phi) is 4.92. The van der Waals surface area contributed by atoms with E-state index < -0.39 is 10.0 Å². The smallest absolute Gasteiger partial charge is 0.208 e. The molecule has 5 nitrogen and oxygen atoms in total. The molecule has 0 fully saturated rings. The summed E-state index contributed by atoms with van der Waals surface area (Å²) in [4.78, 5) is 0. The molecule has 0 saturated heterocycles. The number of phenols is 1. The van der Waals surface area contributed by atoms with Crippen LogP contribution in [0.1, 0.15) is 11.1 Å². The molecule has 0 bridgehead atoms. The van der Waals surface area contributed by atoms with Gasteiger partial charge in [-0.05, 0) is 12.5 Å². The average Bonchev–Trinajstić information content (AvgIpc) is 2.22. The number of aryl methyl sites for hydroxylation is 1. The number of aromatic hydroxyl groups is 1. The van der Waals surface area contributed by atoms with Gasteiger partial charge in [0.2, 0.25) is 10.0 Å². The van der Waals surface area contributed by atoms with Crippen molar-refractivity contribution in [2.75, 3.05) is 19.3 Å². The van der Waals surface area contributed by atoms with Gasteiger partial charge in [-0.3, -0.25) is 0 Å². The lowest BCUT2D eigenvalue weighted by Gasteiger charge is -2.08. The Balaban J connectivity index is 2.34. The van der Waals surface area contributed by atoms with E-state index >= 15 is 0 Å². The van der Waals surface area contributed by atoms with Crippen molar-refractivity contribution in [3.8, 4) is 5.75 Å². The number of rotatable bonds is 6. The molecule has 1 aromatic carbocycles. The topological polar surface area (TPSA) is 78.4 Å². The third-order valence-electron chi connectivity index (χ3n) is 2.30. The van der Waals surface area contributed by atoms with E-state index in [2.05, 4.69) is 10.0 Å². The summed E-state index contributed by atoms with van der Waals surface area (Å²) in [6.45, 7) is 3.20. The maximum absolute atomic E-state index is 10.8. The quantitative estimate of drug-likeness (QED) is 0.643. The molecule has 0 spiro atoms. The van der Waals surface area contributed by atoms with Crippen LogP contribution in [0.15, 0.2) is 18.2 Å². The van der Waals surface area contributed by atoms with E-state index in [9.17, 15) is 13.5 Å². The van der Waals surface area contributed by atoms with Gasteiger partial charge in [-0.25, -0.2) is 13.1 Å². The van der Waals surface area contributed by atoms with Crippen LogP contribution in [0.4, 0.5) is 0 Å². The Labute approximate surface area is 102 Å². The fourth-order valence-electron chi connectivity index (χ4n) is 1.41. The molecule has 1 rings (SSSR count). The minimum absolute atomic E-state index is 0.288. The molecule has 0 atom stereocenters. The Morgan fingerprint density at radius 1 is 1.29 bits per heavy atom. The van der Waals surface area contributed by atoms with Crippen LogP contribution in [0, 0.1) is 6.92 Å². The fourth-order valence-corrected chi connectivity index (χ4v) is 1.88. The minimum Gasteiger partial charge on any atom is -0.507 e. The van der Waals surface area contributed by atoms with Crippen molar-refractivity contribution in [3.63, 3.8) is 0 Å². The first-order chi connectivity index (χ1) is 7.90. The average molecular weight is 258 g/mol. The first kappa shape index (κ1) is 14.0. The molecule has 0 aliphatic heterocycles. The molecule has 0 aliphatic carbocycles. The second-order valence-corrected chi connectivity index (χ2v) is 5.76. The van der Waals surface area contributed by atoms with Crippen molar-refractivity contribution in [3.05, 3.63) is 29.3 Å². The van der Waals surface area contributed by atoms with E-state index in [1.54, 1.807) is 0 Å². The predicted octanol–water partition coefficient (Wildman–Crippen LogP) is 0.339. The Morgan fingerprint density at radius 3 is 2.65 bits per heavy atom. The Morgan fingerprint density at radius 2 is 2.00 bits per heavy atom. The molecule has 0 unspecified atom stereocenters. The molecule has 0 saturated carbocycles. The molecule has 0 aromatic heterocycles. The van der Waals surface area contributed by atoms with Crippen LogP contribution in [0.5, 0.6) is 5.75 Å². The van der Waals surface area contributed by atoms with E-state index in [0.717, 1.165) is 17.4 Å². The van der Waals surface area contributed by atoms with Crippen LogP contribution < -0.4 is 10.0 Å². The summed E-state index contributed by atoms with van der Waals surface area (Å²) < 4.78 is 23.9. The number of phenolic OH excluding ortho intramolecular Hbond substituents is 1. The summed E-state index contributed by atoms with van der Waals surface area (Å²) in [6, 6.07) is 5.55. The number of hydrogen-bond donors (Lipinski definition) is 3. The lowest BCUT2D eigenvalue weighted by molar-refractivity contribution is 0.460. The Bertz CT molecular complexity index is 472. The zero-order chi connectivity index (χ0) is 12.9. The number of para-hydroxylation sites is 1. The summed E-state index contributed by atoms with van der Waals surface area (Å²) in [7, 11) is -3.12. The second-order valence-electron chi connectivity index (χ2n) is 3.93. The van der Waals surface area contributed by atoms with E-state index in [1.807, 2.05) is 25.1 Å². The molecule has 96 valence electrons. The standard InChI is InChI=1S/C11H18N2O3S/c1-9-4-3-5-10(11(9)14)8-12-6-7-13-17(2,15)16/h3-5,12-14H,6-8H2,1-2H3. The summed E-state index contributed by atoms with van der Waals surface area (Å²) in [5.74, 6) is 0.288. The summed E-state index contributed by atoms with van der Waals surface area (Å²) in [5, 5.41) is 12.8. The zero-order valence-electron chi connectivity index (χ0n) is 10.0. The van der Waals surface area contributed by atoms with E-state index in [4.69, 9.17) is 0 Å². The molecule has 6 heteroatoms. The SMILES string of the molecule is Cc1cccc(CNCCNS(C)(=O)=O)c1O. The van der Waals surface area contributed by atoms with Gasteiger partial charge in [0.15, 0.2) is 0 Å². The molecule has 0 aliphatic rings. The van der Waals surface area contributed by atoms with Crippen LogP contribution in [0.3, 0.4) is 0 Å². The van der Waals surface area contributed by atoms with Gasteiger partial charge < -0.3 is 10.4 Å². The normalized spacial score (nSPS) is 11.6. The van der Waals surface area contributed by atoms with Gasteiger partial charge in [0.05, 0.1) is 6.26 Å². The Hall–Kier alpha value is -1.11. The predicted molar refractivity (Wildman–Crippen MR) is 67.4 cm³/mol. The maximum atomic E-state index is 10.8. The number of nitrogens with one attached hydrogen (secondary N) is 2. The molecular formula is C11H18N2O3S. The fraction of sp³-hybridized carbons (Fsp3) is 0.455. The largest absolute Gasteiger partial charge is 0.507 e. The molecule has 1 aromatic rings. The van der Waals surface area contributed by atoms with Crippen molar-refractivity contribution in [1.82, 2.24) is 10.0 Å². The van der Waals surface area contributed by atoms with Crippen LogP contribution in [0.2, 0.25) is 0 Å². The van der Waals surface area contributed by atoms with Gasteiger partial charge in [-0.15, -0.1) is 0 Å². The van der Waals surface area contributed by atoms with Crippen molar-refractivity contribution in [1.29, 1.82) is 0 Å². The first-order valence-electron chi connectivity index (χ1n) is 5.33. The number of benzene rings is 1. The highest BCUT2D eigenvalue weighted by Crippen LogP contribution is 2.20. The number of hydrogen-bond acceptors (Lipinski definition) is 4. The van der Waals surface area contributed by atoms with Gasteiger partial charge in [0.25, 0.3) is 0 Å². The van der Waals surface area contributed by atoms with Gasteiger partial charge in [0, 0.05) is 25.2 Å². The van der Waals surface area contributed by atoms with E-state index in [0.29, 0.717) is 19.6 Å². The zero-order valence-corrected chi connectivity index (χ0v) is 10.8. The summed E-state index contributed by atoms with van der Waals surface area (Å²) in [6.07, 6.45) is 1.12. The van der Waals surface area contributed by atoms with Crippen LogP contribution in [-0.4, -0.2) is 32.9 Å². The molecular weight excluding hydrogens is 240 g/mol. The van der Waals surface area contributed by atoms with E-state index in [-0.39, 0.29) is 5.75 Å². The second kappa shape index (κ2) is 6.00. The van der Waals surface area contributed by atoms with Crippen LogP contribution in [0.25, 0.3) is 0 Å². The maximum Gasteiger partial charge on any atom is 0.208 e. The number of sulfonamides is 1. The molecule has 3 N–H and O–H groups in total. The van der Waals surface area contributed by atoms with E-state index in [1.165, 1.54) is 0 Å². The van der Waals surface area contributed by atoms with Gasteiger partial charge in [-0.1, -0.05) is 18.2 Å². The van der Waals surface area contributed by atoms with Crippen molar-refractivity contribution in [2.24, 2.45) is 0 Å². The highest BCUT2D eigenvalue weighted by atomic mass is 32.2. The lowest BCUT2D eigenvalue weighted by atomic mass is 10.1. The highest BCUT2D eigenvalue weighted by molar-refractivity contribution is 7.88. The van der Waals surface area contributed by atoms with Gasteiger partial charge >= 0.3 is 0 Å².